The Morgan fingerprint density at radius 1 is 1.00 bits per heavy atom. The fraction of sp³-hybridized carbons (Fsp3) is 0.400. The third-order valence-electron chi connectivity index (χ3n) is 3.88. The van der Waals surface area contributed by atoms with Gasteiger partial charge in [-0.2, -0.15) is 0 Å². The monoisotopic (exact) mass is 313 g/mol. The number of hydrogen-bond acceptors (Lipinski definition) is 3. The zero-order chi connectivity index (χ0) is 16.3. The van der Waals surface area contributed by atoms with E-state index < -0.39 is 0 Å². The van der Waals surface area contributed by atoms with Gasteiger partial charge in [0.25, 0.3) is 0 Å². The molecule has 0 radical (unpaired) electrons. The van der Waals surface area contributed by atoms with Crippen LogP contribution in [0.2, 0.25) is 0 Å². The average Bonchev–Trinajstić information content (AvgIpc) is 2.61. The summed E-state index contributed by atoms with van der Waals surface area (Å²) >= 11 is 0. The Bertz CT molecular complexity index is 539. The summed E-state index contributed by atoms with van der Waals surface area (Å²) in [6.07, 6.45) is 3.53. The third kappa shape index (κ3) is 6.05. The summed E-state index contributed by atoms with van der Waals surface area (Å²) < 4.78 is 5.72. The van der Waals surface area contributed by atoms with Gasteiger partial charge in [-0.05, 0) is 29.7 Å². The summed E-state index contributed by atoms with van der Waals surface area (Å²) in [6, 6.07) is 18.2. The van der Waals surface area contributed by atoms with Gasteiger partial charge in [-0.3, -0.25) is 0 Å². The first-order valence-electron chi connectivity index (χ1n) is 8.44. The van der Waals surface area contributed by atoms with E-state index >= 15 is 0 Å². The van der Waals surface area contributed by atoms with Gasteiger partial charge in [-0.1, -0.05) is 62.2 Å². The van der Waals surface area contributed by atoms with Crippen molar-refractivity contribution in [1.82, 2.24) is 5.32 Å². The van der Waals surface area contributed by atoms with Crippen molar-refractivity contribution in [2.75, 3.05) is 13.2 Å². The summed E-state index contributed by atoms with van der Waals surface area (Å²) in [5.74, 6) is 0.923. The number of ether oxygens (including phenoxy) is 1. The Balaban J connectivity index is 1.81. The molecule has 0 saturated carbocycles. The molecule has 0 fully saturated rings. The molecule has 0 heterocycles. The molecule has 2 aromatic carbocycles. The Hall–Kier alpha value is -1.84. The van der Waals surface area contributed by atoms with Crippen molar-refractivity contribution in [3.63, 3.8) is 0 Å². The largest absolute Gasteiger partial charge is 0.494 e. The van der Waals surface area contributed by atoms with Crippen molar-refractivity contribution in [1.29, 1.82) is 0 Å². The molecule has 0 aliphatic heterocycles. The Morgan fingerprint density at radius 3 is 2.39 bits per heavy atom. The molecule has 2 N–H and O–H groups in total. The van der Waals surface area contributed by atoms with Crippen molar-refractivity contribution >= 4 is 0 Å². The van der Waals surface area contributed by atoms with E-state index in [9.17, 15) is 5.11 Å². The number of aliphatic hydroxyl groups is 1. The van der Waals surface area contributed by atoms with Gasteiger partial charge in [0, 0.05) is 6.54 Å². The van der Waals surface area contributed by atoms with Gasteiger partial charge < -0.3 is 15.2 Å². The Morgan fingerprint density at radius 2 is 1.74 bits per heavy atom. The van der Waals surface area contributed by atoms with Crippen molar-refractivity contribution in [2.45, 2.75) is 38.8 Å². The number of nitrogens with one attached hydrogen (secondary N) is 1. The summed E-state index contributed by atoms with van der Waals surface area (Å²) in [4.78, 5) is 0. The lowest BCUT2D eigenvalue weighted by Crippen LogP contribution is -2.23. The van der Waals surface area contributed by atoms with Crippen LogP contribution in [-0.4, -0.2) is 18.3 Å². The van der Waals surface area contributed by atoms with Crippen LogP contribution in [0.1, 0.15) is 43.4 Å². The smallest absolute Gasteiger partial charge is 0.119 e. The maximum Gasteiger partial charge on any atom is 0.119 e. The van der Waals surface area contributed by atoms with Gasteiger partial charge in [-0.15, -0.1) is 0 Å². The first kappa shape index (κ1) is 17.5. The van der Waals surface area contributed by atoms with Crippen LogP contribution in [0.3, 0.4) is 0 Å². The number of benzene rings is 2. The van der Waals surface area contributed by atoms with Gasteiger partial charge in [0.2, 0.25) is 0 Å². The number of unbranched alkanes of at least 4 members (excludes halogenated alkanes) is 2. The summed E-state index contributed by atoms with van der Waals surface area (Å²) in [5, 5.41) is 13.0. The minimum absolute atomic E-state index is 0.0406. The molecule has 0 saturated heterocycles. The predicted molar refractivity (Wildman–Crippen MR) is 94.6 cm³/mol. The molecule has 0 bridgehead atoms. The van der Waals surface area contributed by atoms with E-state index in [1.165, 1.54) is 18.4 Å². The van der Waals surface area contributed by atoms with E-state index in [4.69, 9.17) is 4.74 Å². The molecule has 124 valence electrons. The number of hydrogen-bond donors (Lipinski definition) is 2. The fourth-order valence-corrected chi connectivity index (χ4v) is 2.46. The van der Waals surface area contributed by atoms with Crippen LogP contribution in [-0.2, 0) is 6.54 Å². The van der Waals surface area contributed by atoms with Crippen molar-refractivity contribution in [3.8, 4) is 5.75 Å². The highest BCUT2D eigenvalue weighted by atomic mass is 16.5. The Kier molecular flexibility index (Phi) is 7.64. The highest BCUT2D eigenvalue weighted by molar-refractivity contribution is 5.27. The van der Waals surface area contributed by atoms with Gasteiger partial charge in [0.05, 0.1) is 19.3 Å². The zero-order valence-electron chi connectivity index (χ0n) is 13.9. The van der Waals surface area contributed by atoms with Crippen LogP contribution in [0, 0.1) is 0 Å². The molecule has 2 rings (SSSR count). The topological polar surface area (TPSA) is 41.5 Å². The van der Waals surface area contributed by atoms with Crippen LogP contribution in [0.25, 0.3) is 0 Å². The van der Waals surface area contributed by atoms with Crippen LogP contribution in [0.4, 0.5) is 0 Å². The normalized spacial score (nSPS) is 12.1. The van der Waals surface area contributed by atoms with Gasteiger partial charge in [0.1, 0.15) is 5.75 Å². The second kappa shape index (κ2) is 10.0. The highest BCUT2D eigenvalue weighted by Gasteiger charge is 2.08. The van der Waals surface area contributed by atoms with Gasteiger partial charge in [0.15, 0.2) is 0 Å². The van der Waals surface area contributed by atoms with Gasteiger partial charge >= 0.3 is 0 Å². The van der Waals surface area contributed by atoms with E-state index in [-0.39, 0.29) is 12.6 Å². The molecule has 3 heteroatoms. The van der Waals surface area contributed by atoms with Crippen molar-refractivity contribution < 1.29 is 9.84 Å². The standard InChI is InChI=1S/C20H27NO2/c1-2-3-7-14-23-19-12-10-17(11-13-19)15-21-20(16-22)18-8-5-4-6-9-18/h4-6,8-13,20-22H,2-3,7,14-16H2,1H3. The number of rotatable bonds is 10. The van der Waals surface area contributed by atoms with Crippen LogP contribution >= 0.6 is 0 Å². The molecule has 23 heavy (non-hydrogen) atoms. The molecule has 3 nitrogen and oxygen atoms in total. The van der Waals surface area contributed by atoms with Crippen molar-refractivity contribution in [3.05, 3.63) is 65.7 Å². The minimum Gasteiger partial charge on any atom is -0.494 e. The highest BCUT2D eigenvalue weighted by Crippen LogP contribution is 2.15. The lowest BCUT2D eigenvalue weighted by molar-refractivity contribution is 0.243. The molecule has 0 aliphatic carbocycles. The van der Waals surface area contributed by atoms with Crippen LogP contribution < -0.4 is 10.1 Å². The quantitative estimate of drug-likeness (QED) is 0.649. The van der Waals surface area contributed by atoms with Crippen molar-refractivity contribution in [2.24, 2.45) is 0 Å². The lowest BCUT2D eigenvalue weighted by atomic mass is 10.1. The molecule has 0 aliphatic rings. The first-order valence-corrected chi connectivity index (χ1v) is 8.44. The molecule has 0 amide bonds. The molecule has 0 aromatic heterocycles. The first-order chi connectivity index (χ1) is 11.3. The second-order valence-corrected chi connectivity index (χ2v) is 5.73. The number of aliphatic hydroxyl groups excluding tert-OH is 1. The fourth-order valence-electron chi connectivity index (χ4n) is 2.46. The van der Waals surface area contributed by atoms with Gasteiger partial charge in [-0.25, -0.2) is 0 Å². The SMILES string of the molecule is CCCCCOc1ccc(CNC(CO)c2ccccc2)cc1. The molecular formula is C20H27NO2. The molecule has 1 unspecified atom stereocenters. The minimum atomic E-state index is -0.0406. The maximum absolute atomic E-state index is 9.56. The van der Waals surface area contributed by atoms with E-state index in [1.807, 2.05) is 42.5 Å². The maximum atomic E-state index is 9.56. The van der Waals surface area contributed by atoms with E-state index in [0.717, 1.165) is 30.9 Å². The summed E-state index contributed by atoms with van der Waals surface area (Å²) in [6.45, 7) is 3.78. The van der Waals surface area contributed by atoms with E-state index in [1.54, 1.807) is 0 Å². The van der Waals surface area contributed by atoms with Crippen LogP contribution in [0.5, 0.6) is 5.75 Å². The molecular weight excluding hydrogens is 286 g/mol. The Labute approximate surface area is 139 Å². The second-order valence-electron chi connectivity index (χ2n) is 5.73. The zero-order valence-corrected chi connectivity index (χ0v) is 13.9. The van der Waals surface area contributed by atoms with E-state index in [0.29, 0.717) is 0 Å². The molecule has 1 atom stereocenters. The average molecular weight is 313 g/mol. The lowest BCUT2D eigenvalue weighted by Gasteiger charge is -2.17. The van der Waals surface area contributed by atoms with E-state index in [2.05, 4.69) is 24.4 Å². The third-order valence-corrected chi connectivity index (χ3v) is 3.88. The molecule has 0 spiro atoms. The predicted octanol–water partition coefficient (Wildman–Crippen LogP) is 4.08. The summed E-state index contributed by atoms with van der Waals surface area (Å²) in [7, 11) is 0. The van der Waals surface area contributed by atoms with Crippen LogP contribution in [0.15, 0.2) is 54.6 Å². The summed E-state index contributed by atoms with van der Waals surface area (Å²) in [5.41, 5.74) is 2.28. The molecule has 2 aromatic rings.